The highest BCUT2D eigenvalue weighted by molar-refractivity contribution is 7.13. The Balaban J connectivity index is 1.81. The SMILES string of the molecule is Fc1ccc(CNc2ccccc2Cl)cc1-c1cccs1. The molecule has 0 amide bonds. The van der Waals surface area contributed by atoms with Crippen LogP contribution in [0.5, 0.6) is 0 Å². The van der Waals surface area contributed by atoms with Gasteiger partial charge in [-0.05, 0) is 41.3 Å². The van der Waals surface area contributed by atoms with Crippen molar-refractivity contribution in [2.45, 2.75) is 6.54 Å². The third-order valence-corrected chi connectivity index (χ3v) is 4.41. The summed E-state index contributed by atoms with van der Waals surface area (Å²) < 4.78 is 13.9. The molecule has 1 heterocycles. The molecule has 4 heteroatoms. The van der Waals surface area contributed by atoms with Crippen molar-refractivity contribution in [2.75, 3.05) is 5.32 Å². The lowest BCUT2D eigenvalue weighted by Crippen LogP contribution is -2.00. The molecular formula is C17H13ClFNS. The van der Waals surface area contributed by atoms with Crippen LogP contribution in [0.3, 0.4) is 0 Å². The van der Waals surface area contributed by atoms with E-state index in [0.717, 1.165) is 16.1 Å². The van der Waals surface area contributed by atoms with Crippen LogP contribution >= 0.6 is 22.9 Å². The van der Waals surface area contributed by atoms with Crippen molar-refractivity contribution in [1.82, 2.24) is 0 Å². The summed E-state index contributed by atoms with van der Waals surface area (Å²) >= 11 is 7.64. The average Bonchev–Trinajstić information content (AvgIpc) is 3.02. The normalized spacial score (nSPS) is 10.6. The van der Waals surface area contributed by atoms with E-state index in [2.05, 4.69) is 5.32 Å². The van der Waals surface area contributed by atoms with Crippen molar-refractivity contribution in [2.24, 2.45) is 0 Å². The first-order chi connectivity index (χ1) is 10.2. The Bertz CT molecular complexity index is 740. The minimum Gasteiger partial charge on any atom is -0.380 e. The Morgan fingerprint density at radius 3 is 2.67 bits per heavy atom. The van der Waals surface area contributed by atoms with Gasteiger partial charge in [-0.3, -0.25) is 0 Å². The minimum atomic E-state index is -0.195. The van der Waals surface area contributed by atoms with Crippen LogP contribution in [0.2, 0.25) is 5.02 Å². The summed E-state index contributed by atoms with van der Waals surface area (Å²) in [5, 5.41) is 5.90. The zero-order valence-corrected chi connectivity index (χ0v) is 12.7. The molecule has 1 N–H and O–H groups in total. The van der Waals surface area contributed by atoms with E-state index in [4.69, 9.17) is 11.6 Å². The second-order valence-electron chi connectivity index (χ2n) is 4.62. The highest BCUT2D eigenvalue weighted by Crippen LogP contribution is 2.28. The Kier molecular flexibility index (Phi) is 4.23. The van der Waals surface area contributed by atoms with E-state index in [1.807, 2.05) is 47.8 Å². The number of hydrogen-bond donors (Lipinski definition) is 1. The second kappa shape index (κ2) is 6.29. The van der Waals surface area contributed by atoms with E-state index < -0.39 is 0 Å². The van der Waals surface area contributed by atoms with Gasteiger partial charge in [0.05, 0.1) is 10.7 Å². The lowest BCUT2D eigenvalue weighted by Gasteiger charge is -2.10. The number of halogens is 2. The maximum atomic E-state index is 13.9. The number of benzene rings is 2. The summed E-state index contributed by atoms with van der Waals surface area (Å²) in [6, 6.07) is 16.6. The minimum absolute atomic E-state index is 0.195. The van der Waals surface area contributed by atoms with Gasteiger partial charge in [0.15, 0.2) is 0 Å². The first kappa shape index (κ1) is 14.1. The fourth-order valence-electron chi connectivity index (χ4n) is 2.10. The van der Waals surface area contributed by atoms with Crippen molar-refractivity contribution in [3.05, 3.63) is 76.4 Å². The van der Waals surface area contributed by atoms with Gasteiger partial charge in [0, 0.05) is 17.0 Å². The zero-order valence-electron chi connectivity index (χ0n) is 11.1. The molecule has 1 aromatic heterocycles. The third-order valence-electron chi connectivity index (χ3n) is 3.17. The molecule has 0 saturated heterocycles. The summed E-state index contributed by atoms with van der Waals surface area (Å²) in [5.41, 5.74) is 2.53. The van der Waals surface area contributed by atoms with Crippen LogP contribution in [-0.2, 0) is 6.54 Å². The van der Waals surface area contributed by atoms with E-state index >= 15 is 0 Å². The van der Waals surface area contributed by atoms with Crippen molar-refractivity contribution in [3.63, 3.8) is 0 Å². The number of thiophene rings is 1. The molecule has 0 saturated carbocycles. The van der Waals surface area contributed by atoms with Crippen LogP contribution in [0.25, 0.3) is 10.4 Å². The van der Waals surface area contributed by atoms with E-state index in [-0.39, 0.29) is 5.82 Å². The van der Waals surface area contributed by atoms with Crippen LogP contribution in [0.4, 0.5) is 10.1 Å². The number of rotatable bonds is 4. The fraction of sp³-hybridized carbons (Fsp3) is 0.0588. The number of para-hydroxylation sites is 1. The molecule has 0 spiro atoms. The lowest BCUT2D eigenvalue weighted by molar-refractivity contribution is 0.631. The molecule has 2 aromatic carbocycles. The first-order valence-electron chi connectivity index (χ1n) is 6.55. The van der Waals surface area contributed by atoms with Crippen molar-refractivity contribution >= 4 is 28.6 Å². The van der Waals surface area contributed by atoms with Crippen LogP contribution in [0.1, 0.15) is 5.56 Å². The molecule has 0 aliphatic rings. The lowest BCUT2D eigenvalue weighted by atomic mass is 10.1. The molecule has 0 fully saturated rings. The average molecular weight is 318 g/mol. The van der Waals surface area contributed by atoms with Gasteiger partial charge in [-0.2, -0.15) is 0 Å². The van der Waals surface area contributed by atoms with Crippen LogP contribution in [0, 0.1) is 5.82 Å². The quantitative estimate of drug-likeness (QED) is 0.639. The van der Waals surface area contributed by atoms with Gasteiger partial charge in [0.25, 0.3) is 0 Å². The molecule has 0 aliphatic carbocycles. The fourth-order valence-corrected chi connectivity index (χ4v) is 3.05. The van der Waals surface area contributed by atoms with Gasteiger partial charge in [-0.25, -0.2) is 4.39 Å². The number of nitrogens with one attached hydrogen (secondary N) is 1. The van der Waals surface area contributed by atoms with Crippen LogP contribution in [-0.4, -0.2) is 0 Å². The summed E-state index contributed by atoms with van der Waals surface area (Å²) in [4.78, 5) is 0.937. The molecule has 1 nitrogen and oxygen atoms in total. The number of anilines is 1. The third kappa shape index (κ3) is 3.26. The summed E-state index contributed by atoms with van der Waals surface area (Å²) in [5.74, 6) is -0.195. The van der Waals surface area contributed by atoms with Crippen LogP contribution in [0.15, 0.2) is 60.0 Å². The maximum absolute atomic E-state index is 13.9. The largest absolute Gasteiger partial charge is 0.380 e. The molecule has 106 valence electrons. The van der Waals surface area contributed by atoms with Gasteiger partial charge in [0.2, 0.25) is 0 Å². The van der Waals surface area contributed by atoms with Crippen molar-refractivity contribution in [1.29, 1.82) is 0 Å². The first-order valence-corrected chi connectivity index (χ1v) is 7.80. The van der Waals surface area contributed by atoms with Gasteiger partial charge < -0.3 is 5.32 Å². The standard InChI is InChI=1S/C17H13ClFNS/c18-14-4-1-2-5-16(14)20-11-12-7-8-15(19)13(10-12)17-6-3-9-21-17/h1-10,20H,11H2. The van der Waals surface area contributed by atoms with E-state index in [0.29, 0.717) is 17.1 Å². The van der Waals surface area contributed by atoms with Gasteiger partial charge in [-0.15, -0.1) is 11.3 Å². The molecule has 3 aromatic rings. The van der Waals surface area contributed by atoms with E-state index in [1.54, 1.807) is 6.07 Å². The zero-order chi connectivity index (χ0) is 14.7. The van der Waals surface area contributed by atoms with Gasteiger partial charge in [-0.1, -0.05) is 35.9 Å². The van der Waals surface area contributed by atoms with E-state index in [9.17, 15) is 4.39 Å². The monoisotopic (exact) mass is 317 g/mol. The van der Waals surface area contributed by atoms with E-state index in [1.165, 1.54) is 17.4 Å². The Labute approximate surface area is 132 Å². The number of hydrogen-bond acceptors (Lipinski definition) is 2. The Morgan fingerprint density at radius 2 is 1.90 bits per heavy atom. The Hall–Kier alpha value is -1.84. The highest BCUT2D eigenvalue weighted by atomic mass is 35.5. The molecular weight excluding hydrogens is 305 g/mol. The summed E-state index contributed by atoms with van der Waals surface area (Å²) in [7, 11) is 0. The summed E-state index contributed by atoms with van der Waals surface area (Å²) in [6.45, 7) is 0.600. The van der Waals surface area contributed by atoms with Gasteiger partial charge >= 0.3 is 0 Å². The van der Waals surface area contributed by atoms with Crippen LogP contribution < -0.4 is 5.32 Å². The molecule has 0 bridgehead atoms. The van der Waals surface area contributed by atoms with Gasteiger partial charge in [0.1, 0.15) is 5.82 Å². The Morgan fingerprint density at radius 1 is 1.05 bits per heavy atom. The molecule has 0 radical (unpaired) electrons. The molecule has 0 atom stereocenters. The molecule has 0 aliphatic heterocycles. The second-order valence-corrected chi connectivity index (χ2v) is 5.98. The summed E-state index contributed by atoms with van der Waals surface area (Å²) in [6.07, 6.45) is 0. The highest BCUT2D eigenvalue weighted by Gasteiger charge is 2.07. The predicted octanol–water partition coefficient (Wildman–Crippen LogP) is 5.82. The smallest absolute Gasteiger partial charge is 0.131 e. The molecule has 0 unspecified atom stereocenters. The molecule has 3 rings (SSSR count). The van der Waals surface area contributed by atoms with Crippen molar-refractivity contribution in [3.8, 4) is 10.4 Å². The van der Waals surface area contributed by atoms with Crippen molar-refractivity contribution < 1.29 is 4.39 Å². The molecule has 21 heavy (non-hydrogen) atoms. The maximum Gasteiger partial charge on any atom is 0.131 e. The topological polar surface area (TPSA) is 12.0 Å². The predicted molar refractivity (Wildman–Crippen MR) is 88.5 cm³/mol.